The van der Waals surface area contributed by atoms with Crippen LogP contribution in [0.4, 0.5) is 11.4 Å². The van der Waals surface area contributed by atoms with Gasteiger partial charge in [0, 0.05) is 12.0 Å². The normalized spacial score (nSPS) is 13.6. The Bertz CT molecular complexity index is 2350. The second-order valence-electron chi connectivity index (χ2n) is 14.7. The predicted molar refractivity (Wildman–Crippen MR) is 218 cm³/mol. The monoisotopic (exact) mass is 756 g/mol. The van der Waals surface area contributed by atoms with E-state index in [9.17, 15) is 24.3 Å². The van der Waals surface area contributed by atoms with Gasteiger partial charge < -0.3 is 14.6 Å². The van der Waals surface area contributed by atoms with Gasteiger partial charge in [-0.15, -0.1) is 0 Å². The highest BCUT2D eigenvalue weighted by Crippen LogP contribution is 2.37. The van der Waals surface area contributed by atoms with E-state index < -0.39 is 11.8 Å². The number of hydrogen-bond acceptors (Lipinski definition) is 7. The molecule has 2 aliphatic rings. The minimum absolute atomic E-state index is 0.0187. The van der Waals surface area contributed by atoms with Crippen LogP contribution in [0.25, 0.3) is 0 Å². The third-order valence-electron chi connectivity index (χ3n) is 10.7. The van der Waals surface area contributed by atoms with E-state index in [-0.39, 0.29) is 29.4 Å². The zero-order valence-corrected chi connectivity index (χ0v) is 31.8. The van der Waals surface area contributed by atoms with E-state index in [1.165, 1.54) is 4.90 Å². The lowest BCUT2D eigenvalue weighted by molar-refractivity contribution is 0.0910. The summed E-state index contributed by atoms with van der Waals surface area (Å²) in [5, 5.41) is 9.20. The standard InChI is InChI=1S/C48H40N2O7/c1-4-5-30-6-14-34(15-7-30)49-44(52)40-24-22-38(28-42(40)46(49)54)56-36-18-10-32(11-19-36)48(2,3)33-12-20-37(21-13-33)57-39-23-25-41-43(29-39)47(55)50(45(41)53)35-16-8-31(9-17-35)26-27-51/h6-25,28-29,51H,4-5,26-27H2,1-3H3. The molecular weight excluding hydrogens is 717 g/mol. The Labute approximate surface area is 330 Å². The fraction of sp³-hybridized carbons (Fsp3) is 0.167. The molecule has 0 spiro atoms. The van der Waals surface area contributed by atoms with Gasteiger partial charge in [0.05, 0.1) is 33.6 Å². The highest BCUT2D eigenvalue weighted by atomic mass is 16.5. The second-order valence-corrected chi connectivity index (χ2v) is 14.7. The van der Waals surface area contributed by atoms with Crippen molar-refractivity contribution in [3.63, 3.8) is 0 Å². The zero-order chi connectivity index (χ0) is 39.8. The number of carbonyl (C=O) groups excluding carboxylic acids is 4. The maximum Gasteiger partial charge on any atom is 0.266 e. The van der Waals surface area contributed by atoms with Gasteiger partial charge in [-0.05, 0) is 120 Å². The van der Waals surface area contributed by atoms with Gasteiger partial charge in [0.15, 0.2) is 0 Å². The van der Waals surface area contributed by atoms with Crippen molar-refractivity contribution in [3.8, 4) is 23.0 Å². The van der Waals surface area contributed by atoms with Crippen molar-refractivity contribution >= 4 is 35.0 Å². The van der Waals surface area contributed by atoms with E-state index in [1.807, 2.05) is 72.8 Å². The van der Waals surface area contributed by atoms with Crippen LogP contribution in [0.2, 0.25) is 0 Å². The zero-order valence-electron chi connectivity index (χ0n) is 31.8. The largest absolute Gasteiger partial charge is 0.457 e. The molecule has 1 N–H and O–H groups in total. The molecule has 0 aromatic heterocycles. The topological polar surface area (TPSA) is 113 Å². The summed E-state index contributed by atoms with van der Waals surface area (Å²) in [6.45, 7) is 6.38. The summed E-state index contributed by atoms with van der Waals surface area (Å²) in [5.74, 6) is 0.529. The third kappa shape index (κ3) is 6.98. The van der Waals surface area contributed by atoms with Gasteiger partial charge in [0.25, 0.3) is 23.6 Å². The average molecular weight is 757 g/mol. The first-order valence-electron chi connectivity index (χ1n) is 19.0. The molecule has 0 saturated heterocycles. The number of imide groups is 2. The van der Waals surface area contributed by atoms with Crippen LogP contribution >= 0.6 is 0 Å². The molecule has 0 radical (unpaired) electrons. The SMILES string of the molecule is CCCc1ccc(N2C(=O)c3ccc(Oc4ccc(C(C)(C)c5ccc(Oc6ccc7c(c6)C(=O)N(c6ccc(CCO)cc6)C7=O)cc5)cc4)cc3C2=O)cc1. The number of aliphatic hydroxyl groups excluding tert-OH is 1. The summed E-state index contributed by atoms with van der Waals surface area (Å²) in [4.78, 5) is 55.5. The molecule has 8 rings (SSSR count). The molecule has 4 amide bonds. The Hall–Kier alpha value is -6.84. The smallest absolute Gasteiger partial charge is 0.266 e. The van der Waals surface area contributed by atoms with E-state index in [1.54, 1.807) is 60.7 Å². The fourth-order valence-corrected chi connectivity index (χ4v) is 7.40. The van der Waals surface area contributed by atoms with E-state index >= 15 is 0 Å². The van der Waals surface area contributed by atoms with Gasteiger partial charge in [-0.3, -0.25) is 19.2 Å². The van der Waals surface area contributed by atoms with Crippen LogP contribution in [0.1, 0.15) is 90.9 Å². The maximum atomic E-state index is 13.4. The summed E-state index contributed by atoms with van der Waals surface area (Å²) in [5.41, 5.74) is 6.05. The van der Waals surface area contributed by atoms with Crippen LogP contribution in [-0.4, -0.2) is 35.3 Å². The molecule has 284 valence electrons. The molecule has 0 unspecified atom stereocenters. The van der Waals surface area contributed by atoms with E-state index in [0.29, 0.717) is 57.5 Å². The lowest BCUT2D eigenvalue weighted by Gasteiger charge is -2.26. The molecule has 6 aromatic carbocycles. The number of carbonyl (C=O) groups is 4. The maximum absolute atomic E-state index is 13.4. The van der Waals surface area contributed by atoms with Crippen molar-refractivity contribution in [1.29, 1.82) is 0 Å². The lowest BCUT2D eigenvalue weighted by Crippen LogP contribution is -2.29. The molecule has 2 aliphatic heterocycles. The Kier molecular flexibility index (Phi) is 9.77. The molecule has 0 aliphatic carbocycles. The number of amides is 4. The number of ether oxygens (including phenoxy) is 2. The number of aryl methyl sites for hydroxylation is 1. The molecule has 0 bridgehead atoms. The molecule has 57 heavy (non-hydrogen) atoms. The molecule has 9 heteroatoms. The van der Waals surface area contributed by atoms with Crippen LogP contribution in [0.3, 0.4) is 0 Å². The van der Waals surface area contributed by atoms with Crippen LogP contribution in [-0.2, 0) is 18.3 Å². The number of fused-ring (bicyclic) bond motifs is 2. The number of hydrogen-bond donors (Lipinski definition) is 1. The van der Waals surface area contributed by atoms with Crippen molar-refractivity contribution in [2.45, 2.75) is 45.4 Å². The van der Waals surface area contributed by atoms with Crippen LogP contribution in [0, 0.1) is 0 Å². The Morgan fingerprint density at radius 2 is 0.842 bits per heavy atom. The second kappa shape index (κ2) is 15.0. The summed E-state index contributed by atoms with van der Waals surface area (Å²) >= 11 is 0. The molecule has 9 nitrogen and oxygen atoms in total. The number of nitrogens with zero attached hydrogens (tertiary/aromatic N) is 2. The average Bonchev–Trinajstić information content (AvgIpc) is 3.62. The van der Waals surface area contributed by atoms with Crippen LogP contribution < -0.4 is 19.3 Å². The molecular formula is C48H40N2O7. The minimum Gasteiger partial charge on any atom is -0.457 e. The van der Waals surface area contributed by atoms with Gasteiger partial charge in [-0.1, -0.05) is 75.7 Å². The molecule has 0 atom stereocenters. The first kappa shape index (κ1) is 37.1. The first-order chi connectivity index (χ1) is 27.5. The number of aliphatic hydroxyl groups is 1. The third-order valence-corrected chi connectivity index (χ3v) is 10.7. The van der Waals surface area contributed by atoms with E-state index in [2.05, 4.69) is 20.8 Å². The van der Waals surface area contributed by atoms with E-state index in [4.69, 9.17) is 9.47 Å². The summed E-state index contributed by atoms with van der Waals surface area (Å²) in [7, 11) is 0. The Morgan fingerprint density at radius 1 is 0.474 bits per heavy atom. The van der Waals surface area contributed by atoms with Crippen molar-refractivity contribution in [1.82, 2.24) is 0 Å². The molecule has 0 saturated carbocycles. The van der Waals surface area contributed by atoms with Gasteiger partial charge in [-0.25, -0.2) is 9.80 Å². The van der Waals surface area contributed by atoms with Gasteiger partial charge in [-0.2, -0.15) is 0 Å². The number of benzene rings is 6. The van der Waals surface area contributed by atoms with Gasteiger partial charge in [0.1, 0.15) is 23.0 Å². The van der Waals surface area contributed by atoms with Gasteiger partial charge in [0.2, 0.25) is 0 Å². The summed E-state index contributed by atoms with van der Waals surface area (Å²) in [6.07, 6.45) is 2.44. The number of rotatable bonds is 12. The van der Waals surface area contributed by atoms with E-state index in [0.717, 1.165) is 40.0 Å². The lowest BCUT2D eigenvalue weighted by atomic mass is 9.78. The van der Waals surface area contributed by atoms with Crippen molar-refractivity contribution in [2.75, 3.05) is 16.4 Å². The molecule has 6 aromatic rings. The summed E-state index contributed by atoms with van der Waals surface area (Å²) < 4.78 is 12.3. The highest BCUT2D eigenvalue weighted by Gasteiger charge is 2.38. The summed E-state index contributed by atoms with van der Waals surface area (Å²) in [6, 6.07) is 39.9. The Balaban J connectivity index is 0.916. The molecule has 0 fully saturated rings. The van der Waals surface area contributed by atoms with Crippen LogP contribution in [0.5, 0.6) is 23.0 Å². The van der Waals surface area contributed by atoms with Crippen molar-refractivity contribution in [2.24, 2.45) is 0 Å². The van der Waals surface area contributed by atoms with Crippen LogP contribution in [0.15, 0.2) is 133 Å². The minimum atomic E-state index is -0.418. The van der Waals surface area contributed by atoms with Gasteiger partial charge >= 0.3 is 0 Å². The van der Waals surface area contributed by atoms with Crippen molar-refractivity contribution < 1.29 is 33.8 Å². The quantitative estimate of drug-likeness (QED) is 0.124. The van der Waals surface area contributed by atoms with Crippen molar-refractivity contribution in [3.05, 3.63) is 178 Å². The highest BCUT2D eigenvalue weighted by molar-refractivity contribution is 6.35. The Morgan fingerprint density at radius 3 is 1.23 bits per heavy atom. The first-order valence-corrected chi connectivity index (χ1v) is 19.0. The number of anilines is 2. The predicted octanol–water partition coefficient (Wildman–Crippen LogP) is 9.69. The fourth-order valence-electron chi connectivity index (χ4n) is 7.40. The molecule has 2 heterocycles.